The number of nitrogens with zero attached hydrogens (tertiary/aromatic N) is 2. The Bertz CT molecular complexity index is 1430. The maximum Gasteiger partial charge on any atom is 0.350 e. The Morgan fingerprint density at radius 1 is 1.19 bits per heavy atom. The highest BCUT2D eigenvalue weighted by Gasteiger charge is 2.49. The van der Waals surface area contributed by atoms with E-state index < -0.39 is 35.3 Å². The molecule has 1 aliphatic heterocycles. The average molecular weight is 525 g/mol. The van der Waals surface area contributed by atoms with Gasteiger partial charge in [-0.3, -0.25) is 14.5 Å². The minimum Gasteiger partial charge on any atom is -0.507 e. The van der Waals surface area contributed by atoms with E-state index in [4.69, 9.17) is 9.47 Å². The van der Waals surface area contributed by atoms with Crippen LogP contribution in [0.1, 0.15) is 51.4 Å². The number of ether oxygens (including phenoxy) is 2. The first-order valence-electron chi connectivity index (χ1n) is 11.5. The lowest BCUT2D eigenvalue weighted by Gasteiger charge is -2.23. The van der Waals surface area contributed by atoms with Gasteiger partial charge in [0.15, 0.2) is 5.13 Å². The van der Waals surface area contributed by atoms with Crippen molar-refractivity contribution in [3.05, 3.63) is 81.1 Å². The highest BCUT2D eigenvalue weighted by atomic mass is 32.1. The summed E-state index contributed by atoms with van der Waals surface area (Å²) in [6.45, 7) is 5.79. The third-order valence-electron chi connectivity index (χ3n) is 5.93. The van der Waals surface area contributed by atoms with Gasteiger partial charge in [-0.1, -0.05) is 36.5 Å². The quantitative estimate of drug-likeness (QED) is 0.198. The van der Waals surface area contributed by atoms with E-state index in [0.29, 0.717) is 29.2 Å². The van der Waals surface area contributed by atoms with E-state index in [1.165, 1.54) is 25.3 Å². The van der Waals surface area contributed by atoms with Crippen molar-refractivity contribution in [2.24, 2.45) is 0 Å². The van der Waals surface area contributed by atoms with Crippen LogP contribution in [0.2, 0.25) is 0 Å². The maximum absolute atomic E-state index is 15.1. The molecule has 8 nitrogen and oxygen atoms in total. The third kappa shape index (κ3) is 4.72. The average Bonchev–Trinajstić information content (AvgIpc) is 3.38. The fourth-order valence-corrected chi connectivity index (χ4v) is 5.16. The molecule has 0 spiro atoms. The Morgan fingerprint density at radius 3 is 2.57 bits per heavy atom. The standard InChI is InChI=1S/C27H25FN2O6S/c1-5-12-36-16-10-11-17(14(2)13-16)22(31)20-21(18-8-6-7-9-19(18)28)30(25(33)23(20)32)27-29-15(3)24(37-27)26(34)35-4/h6-11,13,21,31H,5,12H2,1-4H3/t21-/m1/s1. The molecule has 10 heteroatoms. The number of esters is 1. The molecular formula is C27H25FN2O6S. The van der Waals surface area contributed by atoms with Gasteiger partial charge in [0.25, 0.3) is 5.78 Å². The van der Waals surface area contributed by atoms with Crippen LogP contribution in [0, 0.1) is 19.7 Å². The van der Waals surface area contributed by atoms with Gasteiger partial charge in [0, 0.05) is 11.1 Å². The molecule has 0 radical (unpaired) electrons. The molecule has 1 atom stereocenters. The SMILES string of the molecule is CCCOc1ccc(C(O)=C2C(=O)C(=O)N(c3nc(C)c(C(=O)OC)s3)[C@@H]2c2ccccc2F)c(C)c1. The van der Waals surface area contributed by atoms with Gasteiger partial charge in [0.1, 0.15) is 28.2 Å². The topological polar surface area (TPSA) is 106 Å². The largest absolute Gasteiger partial charge is 0.507 e. The molecule has 1 fully saturated rings. The van der Waals surface area contributed by atoms with Gasteiger partial charge in [0.05, 0.1) is 25.0 Å². The molecule has 192 valence electrons. The van der Waals surface area contributed by atoms with Crippen LogP contribution in [-0.4, -0.2) is 41.5 Å². The van der Waals surface area contributed by atoms with E-state index >= 15 is 4.39 Å². The summed E-state index contributed by atoms with van der Waals surface area (Å²) in [5, 5.41) is 11.4. The van der Waals surface area contributed by atoms with Crippen molar-refractivity contribution in [1.82, 2.24) is 4.98 Å². The van der Waals surface area contributed by atoms with Gasteiger partial charge in [0.2, 0.25) is 0 Å². The second-order valence-electron chi connectivity index (χ2n) is 8.42. The first-order chi connectivity index (χ1) is 17.7. The number of aromatic nitrogens is 1. The second kappa shape index (κ2) is 10.5. The molecule has 1 aliphatic rings. The number of benzene rings is 2. The number of carbonyl (C=O) groups is 3. The lowest BCUT2D eigenvalue weighted by atomic mass is 9.93. The summed E-state index contributed by atoms with van der Waals surface area (Å²) >= 11 is 0.846. The molecule has 1 N–H and O–H groups in total. The molecule has 0 aliphatic carbocycles. The van der Waals surface area contributed by atoms with Gasteiger partial charge in [-0.2, -0.15) is 0 Å². The van der Waals surface area contributed by atoms with Crippen LogP contribution < -0.4 is 9.64 Å². The molecule has 4 rings (SSSR count). The molecule has 0 bridgehead atoms. The lowest BCUT2D eigenvalue weighted by molar-refractivity contribution is -0.132. The van der Waals surface area contributed by atoms with Crippen molar-refractivity contribution in [3.8, 4) is 5.75 Å². The molecule has 1 aromatic heterocycles. The number of halogens is 1. The van der Waals surface area contributed by atoms with Gasteiger partial charge in [-0.15, -0.1) is 0 Å². The number of hydrogen-bond acceptors (Lipinski definition) is 8. The first-order valence-corrected chi connectivity index (χ1v) is 12.4. The van der Waals surface area contributed by atoms with Gasteiger partial charge < -0.3 is 14.6 Å². The van der Waals surface area contributed by atoms with Crippen molar-refractivity contribution in [2.45, 2.75) is 33.2 Å². The Morgan fingerprint density at radius 2 is 1.92 bits per heavy atom. The number of rotatable bonds is 7. The number of methoxy groups -OCH3 is 1. The fraction of sp³-hybridized carbons (Fsp3) is 0.259. The summed E-state index contributed by atoms with van der Waals surface area (Å²) < 4.78 is 25.5. The predicted octanol–water partition coefficient (Wildman–Crippen LogP) is 5.10. The van der Waals surface area contributed by atoms with E-state index in [1.54, 1.807) is 38.1 Å². The Labute approximate surface area is 217 Å². The van der Waals surface area contributed by atoms with E-state index in [1.807, 2.05) is 6.92 Å². The zero-order valence-corrected chi connectivity index (χ0v) is 21.5. The third-order valence-corrected chi connectivity index (χ3v) is 7.07. The van der Waals surface area contributed by atoms with Gasteiger partial charge >= 0.3 is 11.9 Å². The number of ketones is 1. The summed E-state index contributed by atoms with van der Waals surface area (Å²) in [4.78, 5) is 44.3. The highest BCUT2D eigenvalue weighted by Crippen LogP contribution is 2.45. The number of thiazole rings is 1. The van der Waals surface area contributed by atoms with Crippen LogP contribution in [-0.2, 0) is 14.3 Å². The van der Waals surface area contributed by atoms with Crippen LogP contribution >= 0.6 is 11.3 Å². The fourth-order valence-electron chi connectivity index (χ4n) is 4.14. The molecule has 0 unspecified atom stereocenters. The summed E-state index contributed by atoms with van der Waals surface area (Å²) in [7, 11) is 1.22. The van der Waals surface area contributed by atoms with Crippen molar-refractivity contribution < 1.29 is 33.4 Å². The number of aliphatic hydroxyl groups excluding tert-OH is 1. The van der Waals surface area contributed by atoms with Crippen molar-refractivity contribution >= 4 is 39.9 Å². The summed E-state index contributed by atoms with van der Waals surface area (Å²) in [6, 6.07) is 9.32. The minimum absolute atomic E-state index is 0.00345. The minimum atomic E-state index is -1.31. The molecular weight excluding hydrogens is 499 g/mol. The zero-order chi connectivity index (χ0) is 26.9. The molecule has 37 heavy (non-hydrogen) atoms. The molecule has 2 heterocycles. The van der Waals surface area contributed by atoms with E-state index in [0.717, 1.165) is 22.7 Å². The van der Waals surface area contributed by atoms with E-state index in [9.17, 15) is 19.5 Å². The van der Waals surface area contributed by atoms with Crippen molar-refractivity contribution in [2.75, 3.05) is 18.6 Å². The van der Waals surface area contributed by atoms with Crippen LogP contribution in [0.25, 0.3) is 5.76 Å². The Kier molecular flexibility index (Phi) is 7.40. The monoisotopic (exact) mass is 524 g/mol. The van der Waals surface area contributed by atoms with E-state index in [-0.39, 0.29) is 21.1 Å². The number of anilines is 1. The molecule has 1 saturated heterocycles. The number of carbonyl (C=O) groups excluding carboxylic acids is 3. The number of Topliss-reactive ketones (excluding diaryl/α,β-unsaturated/α-hetero) is 1. The maximum atomic E-state index is 15.1. The molecule has 3 aromatic rings. The molecule has 0 saturated carbocycles. The summed E-state index contributed by atoms with van der Waals surface area (Å²) in [5.41, 5.74) is 0.903. The number of amides is 1. The normalized spacial score (nSPS) is 16.8. The Hall–Kier alpha value is -4.05. The molecule has 2 aromatic carbocycles. The smallest absolute Gasteiger partial charge is 0.350 e. The summed E-state index contributed by atoms with van der Waals surface area (Å²) in [6.07, 6.45) is 0.820. The van der Waals surface area contributed by atoms with Crippen LogP contribution in [0.5, 0.6) is 5.75 Å². The van der Waals surface area contributed by atoms with Crippen LogP contribution in [0.4, 0.5) is 9.52 Å². The van der Waals surface area contributed by atoms with Crippen molar-refractivity contribution in [1.29, 1.82) is 0 Å². The van der Waals surface area contributed by atoms with Crippen LogP contribution in [0.15, 0.2) is 48.0 Å². The number of aryl methyl sites for hydroxylation is 2. The van der Waals surface area contributed by atoms with Gasteiger partial charge in [-0.25, -0.2) is 14.2 Å². The molecule has 1 amide bonds. The number of hydrogen-bond donors (Lipinski definition) is 1. The van der Waals surface area contributed by atoms with Crippen LogP contribution in [0.3, 0.4) is 0 Å². The van der Waals surface area contributed by atoms with E-state index in [2.05, 4.69) is 4.98 Å². The highest BCUT2D eigenvalue weighted by molar-refractivity contribution is 7.17. The number of aliphatic hydroxyl groups is 1. The second-order valence-corrected chi connectivity index (χ2v) is 9.40. The summed E-state index contributed by atoms with van der Waals surface area (Å²) in [5.74, 6) is -3.18. The zero-order valence-electron chi connectivity index (χ0n) is 20.7. The van der Waals surface area contributed by atoms with Crippen molar-refractivity contribution in [3.63, 3.8) is 0 Å². The predicted molar refractivity (Wildman–Crippen MR) is 136 cm³/mol. The van der Waals surface area contributed by atoms with Gasteiger partial charge in [-0.05, 0) is 50.1 Å². The first kappa shape index (κ1) is 26.0. The lowest BCUT2D eigenvalue weighted by Crippen LogP contribution is -2.29. The Balaban J connectivity index is 1.91.